The third kappa shape index (κ3) is 5.30. The summed E-state index contributed by atoms with van der Waals surface area (Å²) < 4.78 is 30.4. The summed E-state index contributed by atoms with van der Waals surface area (Å²) in [7, 11) is -0.339. The second-order valence-electron chi connectivity index (χ2n) is 5.67. The van der Waals surface area contributed by atoms with Crippen LogP contribution in [0, 0.1) is 0 Å². The molecule has 1 amide bonds. The van der Waals surface area contributed by atoms with Crippen LogP contribution in [0.1, 0.15) is 5.56 Å². The van der Waals surface area contributed by atoms with E-state index in [9.17, 15) is 13.2 Å². The molecular weight excluding hydrogens is 340 g/mol. The Morgan fingerprint density at radius 3 is 2.16 bits per heavy atom. The van der Waals surface area contributed by atoms with Gasteiger partial charge in [-0.15, -0.1) is 0 Å². The quantitative estimate of drug-likeness (QED) is 0.757. The van der Waals surface area contributed by atoms with Gasteiger partial charge in [0, 0.05) is 19.3 Å². The third-order valence-electron chi connectivity index (χ3n) is 3.82. The van der Waals surface area contributed by atoms with Crippen LogP contribution in [-0.4, -0.2) is 45.6 Å². The van der Waals surface area contributed by atoms with E-state index in [-0.39, 0.29) is 19.0 Å². The number of nitrogens with zero attached hydrogens (tertiary/aromatic N) is 2. The minimum absolute atomic E-state index is 0.122. The van der Waals surface area contributed by atoms with Crippen LogP contribution >= 0.6 is 0 Å². The lowest BCUT2D eigenvalue weighted by molar-refractivity contribution is -0.118. The Kier molecular flexibility index (Phi) is 6.17. The van der Waals surface area contributed by atoms with Gasteiger partial charge in [-0.1, -0.05) is 30.3 Å². The van der Waals surface area contributed by atoms with Gasteiger partial charge in [0.2, 0.25) is 15.9 Å². The fourth-order valence-corrected chi connectivity index (χ4v) is 3.01. The zero-order valence-corrected chi connectivity index (χ0v) is 15.4. The molecule has 0 aliphatic rings. The third-order valence-corrected chi connectivity index (χ3v) is 5.01. The topological polar surface area (TPSA) is 66.9 Å². The van der Waals surface area contributed by atoms with Crippen molar-refractivity contribution in [1.29, 1.82) is 0 Å². The largest absolute Gasteiger partial charge is 0.497 e. The van der Waals surface area contributed by atoms with E-state index in [1.165, 1.54) is 4.90 Å². The average Bonchev–Trinajstić information content (AvgIpc) is 2.61. The molecule has 0 radical (unpaired) electrons. The molecule has 134 valence electrons. The number of hydrogen-bond acceptors (Lipinski definition) is 4. The van der Waals surface area contributed by atoms with Crippen LogP contribution in [0.25, 0.3) is 0 Å². The first kappa shape index (κ1) is 19.0. The Bertz CT molecular complexity index is 805. The molecule has 2 aromatic carbocycles. The summed E-state index contributed by atoms with van der Waals surface area (Å²) in [5.74, 6) is 0.389. The van der Waals surface area contributed by atoms with Crippen LogP contribution in [0.2, 0.25) is 0 Å². The van der Waals surface area contributed by atoms with Gasteiger partial charge in [-0.2, -0.15) is 4.31 Å². The summed E-state index contributed by atoms with van der Waals surface area (Å²) in [6.45, 7) is -0.104. The number of para-hydroxylation sites is 1. The molecule has 7 heteroatoms. The van der Waals surface area contributed by atoms with E-state index in [1.807, 2.05) is 18.2 Å². The Labute approximate surface area is 148 Å². The van der Waals surface area contributed by atoms with Gasteiger partial charge in [0.1, 0.15) is 5.75 Å². The van der Waals surface area contributed by atoms with Gasteiger partial charge < -0.3 is 9.64 Å². The molecule has 0 aromatic heterocycles. The summed E-state index contributed by atoms with van der Waals surface area (Å²) in [5.41, 5.74) is 1.49. The SMILES string of the molecule is COc1ccc(CN(CC(=O)N(C)c2ccccc2)S(C)(=O)=O)cc1. The zero-order chi connectivity index (χ0) is 18.4. The number of benzene rings is 2. The number of amides is 1. The van der Waals surface area contributed by atoms with E-state index in [0.29, 0.717) is 11.4 Å². The second-order valence-corrected chi connectivity index (χ2v) is 7.65. The number of rotatable bonds is 7. The van der Waals surface area contributed by atoms with Gasteiger partial charge >= 0.3 is 0 Å². The van der Waals surface area contributed by atoms with E-state index in [1.54, 1.807) is 50.6 Å². The van der Waals surface area contributed by atoms with Crippen LogP contribution in [0.15, 0.2) is 54.6 Å². The Morgan fingerprint density at radius 2 is 1.64 bits per heavy atom. The molecule has 0 aliphatic heterocycles. The Hall–Kier alpha value is -2.38. The molecule has 0 fully saturated rings. The predicted molar refractivity (Wildman–Crippen MR) is 98.1 cm³/mol. The van der Waals surface area contributed by atoms with Crippen molar-refractivity contribution >= 4 is 21.6 Å². The van der Waals surface area contributed by atoms with E-state index < -0.39 is 10.0 Å². The van der Waals surface area contributed by atoms with Crippen molar-refractivity contribution in [2.45, 2.75) is 6.54 Å². The molecule has 0 N–H and O–H groups in total. The van der Waals surface area contributed by atoms with Crippen molar-refractivity contribution in [3.8, 4) is 5.75 Å². The number of methoxy groups -OCH3 is 1. The molecule has 0 heterocycles. The molecule has 0 saturated carbocycles. The molecule has 0 spiro atoms. The second kappa shape index (κ2) is 8.13. The summed E-state index contributed by atoms with van der Waals surface area (Å²) in [5, 5.41) is 0. The summed E-state index contributed by atoms with van der Waals surface area (Å²) in [6, 6.07) is 16.2. The van der Waals surface area contributed by atoms with Crippen LogP contribution in [0.4, 0.5) is 5.69 Å². The first-order chi connectivity index (χ1) is 11.8. The molecule has 6 nitrogen and oxygen atoms in total. The van der Waals surface area contributed by atoms with Crippen LogP contribution in [-0.2, 0) is 21.4 Å². The van der Waals surface area contributed by atoms with Crippen molar-refractivity contribution in [2.24, 2.45) is 0 Å². The van der Waals surface area contributed by atoms with Gasteiger partial charge in [0.15, 0.2) is 0 Å². The van der Waals surface area contributed by atoms with E-state index in [4.69, 9.17) is 4.74 Å². The highest BCUT2D eigenvalue weighted by molar-refractivity contribution is 7.88. The standard InChI is InChI=1S/C18H22N2O4S/c1-19(16-7-5-4-6-8-16)18(21)14-20(25(3,22)23)13-15-9-11-17(24-2)12-10-15/h4-12H,13-14H2,1-3H3. The van der Waals surface area contributed by atoms with Gasteiger partial charge in [0.25, 0.3) is 0 Å². The van der Waals surface area contributed by atoms with Crippen LogP contribution in [0.5, 0.6) is 5.75 Å². The molecule has 2 rings (SSSR count). The molecule has 0 bridgehead atoms. The lowest BCUT2D eigenvalue weighted by Crippen LogP contribution is -2.40. The molecular formula is C18H22N2O4S. The highest BCUT2D eigenvalue weighted by atomic mass is 32.2. The first-order valence-electron chi connectivity index (χ1n) is 7.71. The number of anilines is 1. The minimum Gasteiger partial charge on any atom is -0.497 e. The summed E-state index contributed by atoms with van der Waals surface area (Å²) in [4.78, 5) is 13.9. The van der Waals surface area contributed by atoms with Crippen molar-refractivity contribution in [3.63, 3.8) is 0 Å². The molecule has 25 heavy (non-hydrogen) atoms. The van der Waals surface area contributed by atoms with Crippen LogP contribution < -0.4 is 9.64 Å². The van der Waals surface area contributed by atoms with E-state index in [0.717, 1.165) is 16.1 Å². The van der Waals surface area contributed by atoms with E-state index >= 15 is 0 Å². The number of carbonyl (C=O) groups excluding carboxylic acids is 1. The Balaban J connectivity index is 2.13. The maximum Gasteiger partial charge on any atom is 0.242 e. The number of likely N-dealkylation sites (N-methyl/N-ethyl adjacent to an activating group) is 1. The molecule has 0 unspecified atom stereocenters. The van der Waals surface area contributed by atoms with Crippen molar-refractivity contribution in [2.75, 3.05) is 31.9 Å². The van der Waals surface area contributed by atoms with Crippen LogP contribution in [0.3, 0.4) is 0 Å². The van der Waals surface area contributed by atoms with Gasteiger partial charge in [0.05, 0.1) is 19.9 Å². The normalized spacial score (nSPS) is 11.4. The maximum atomic E-state index is 12.5. The number of sulfonamides is 1. The number of hydrogen-bond donors (Lipinski definition) is 0. The molecule has 2 aromatic rings. The maximum absolute atomic E-state index is 12.5. The monoisotopic (exact) mass is 362 g/mol. The fourth-order valence-electron chi connectivity index (χ4n) is 2.28. The minimum atomic E-state index is -3.53. The average molecular weight is 362 g/mol. The highest BCUT2D eigenvalue weighted by Gasteiger charge is 2.23. The van der Waals surface area contributed by atoms with Gasteiger partial charge in [-0.25, -0.2) is 8.42 Å². The van der Waals surface area contributed by atoms with Gasteiger partial charge in [-0.05, 0) is 29.8 Å². The van der Waals surface area contributed by atoms with Crippen molar-refractivity contribution < 1.29 is 17.9 Å². The van der Waals surface area contributed by atoms with Crippen molar-refractivity contribution in [3.05, 3.63) is 60.2 Å². The lowest BCUT2D eigenvalue weighted by atomic mass is 10.2. The molecule has 0 atom stereocenters. The predicted octanol–water partition coefficient (Wildman–Crippen LogP) is 2.12. The Morgan fingerprint density at radius 1 is 1.04 bits per heavy atom. The number of carbonyl (C=O) groups is 1. The van der Waals surface area contributed by atoms with Crippen molar-refractivity contribution in [1.82, 2.24) is 4.31 Å². The molecule has 0 saturated heterocycles. The smallest absolute Gasteiger partial charge is 0.242 e. The zero-order valence-electron chi connectivity index (χ0n) is 14.5. The fraction of sp³-hybridized carbons (Fsp3) is 0.278. The summed E-state index contributed by atoms with van der Waals surface area (Å²) in [6.07, 6.45) is 1.10. The highest BCUT2D eigenvalue weighted by Crippen LogP contribution is 2.16. The molecule has 0 aliphatic carbocycles. The lowest BCUT2D eigenvalue weighted by Gasteiger charge is -2.23. The van der Waals surface area contributed by atoms with E-state index in [2.05, 4.69) is 0 Å². The van der Waals surface area contributed by atoms with Gasteiger partial charge in [-0.3, -0.25) is 4.79 Å². The first-order valence-corrected chi connectivity index (χ1v) is 9.56. The number of ether oxygens (including phenoxy) is 1. The summed E-state index contributed by atoms with van der Waals surface area (Å²) >= 11 is 0.